The molecule has 0 saturated carbocycles. The van der Waals surface area contributed by atoms with Crippen LogP contribution in [0, 0.1) is 11.3 Å². The van der Waals surface area contributed by atoms with Gasteiger partial charge in [-0.3, -0.25) is 4.98 Å². The lowest BCUT2D eigenvalue weighted by Crippen LogP contribution is -1.90. The standard InChI is InChI=1S/C12H8BrN3S/c13-9-2-1-3-11(8(9)6-14)17-12-4-5-16-7-10(12)15/h1-5,7H,15H2. The zero-order valence-electron chi connectivity index (χ0n) is 8.72. The van der Waals surface area contributed by atoms with Gasteiger partial charge in [0.25, 0.3) is 0 Å². The molecule has 2 N–H and O–H groups in total. The van der Waals surface area contributed by atoms with Crippen LogP contribution in [0.1, 0.15) is 5.56 Å². The van der Waals surface area contributed by atoms with Crippen LogP contribution in [-0.4, -0.2) is 4.98 Å². The minimum atomic E-state index is 0.612. The molecule has 0 radical (unpaired) electrons. The van der Waals surface area contributed by atoms with Crippen LogP contribution in [0.5, 0.6) is 0 Å². The molecule has 17 heavy (non-hydrogen) atoms. The summed E-state index contributed by atoms with van der Waals surface area (Å²) in [6.45, 7) is 0. The highest BCUT2D eigenvalue weighted by Gasteiger charge is 2.09. The van der Waals surface area contributed by atoms with Gasteiger partial charge in [-0.1, -0.05) is 17.8 Å². The van der Waals surface area contributed by atoms with E-state index in [0.717, 1.165) is 14.3 Å². The van der Waals surface area contributed by atoms with Crippen molar-refractivity contribution in [3.63, 3.8) is 0 Å². The molecule has 2 aromatic rings. The molecule has 1 aromatic heterocycles. The van der Waals surface area contributed by atoms with Crippen molar-refractivity contribution in [1.82, 2.24) is 4.98 Å². The number of hydrogen-bond donors (Lipinski definition) is 1. The Labute approximate surface area is 112 Å². The second-order valence-electron chi connectivity index (χ2n) is 3.24. The number of halogens is 1. The highest BCUT2D eigenvalue weighted by Crippen LogP contribution is 2.35. The highest BCUT2D eigenvalue weighted by molar-refractivity contribution is 9.10. The number of pyridine rings is 1. The number of nitrogens with zero attached hydrogens (tertiary/aromatic N) is 2. The molecule has 0 atom stereocenters. The summed E-state index contributed by atoms with van der Waals surface area (Å²) in [5.74, 6) is 0. The Morgan fingerprint density at radius 3 is 2.82 bits per heavy atom. The predicted octanol–water partition coefficient (Wildman–Crippen LogP) is 3.45. The zero-order valence-corrected chi connectivity index (χ0v) is 11.1. The van der Waals surface area contributed by atoms with Crippen LogP contribution in [0.3, 0.4) is 0 Å². The Morgan fingerprint density at radius 2 is 2.12 bits per heavy atom. The third kappa shape index (κ3) is 2.60. The first-order valence-electron chi connectivity index (χ1n) is 4.78. The number of nitrogen functional groups attached to an aromatic ring is 1. The van der Waals surface area contributed by atoms with E-state index in [0.29, 0.717) is 11.3 Å². The van der Waals surface area contributed by atoms with Crippen LogP contribution in [0.15, 0.2) is 50.9 Å². The maximum atomic E-state index is 9.11. The van der Waals surface area contributed by atoms with E-state index in [-0.39, 0.29) is 0 Å². The number of benzene rings is 1. The van der Waals surface area contributed by atoms with E-state index >= 15 is 0 Å². The topological polar surface area (TPSA) is 62.7 Å². The number of rotatable bonds is 2. The van der Waals surface area contributed by atoms with Gasteiger partial charge in [-0.25, -0.2) is 0 Å². The maximum Gasteiger partial charge on any atom is 0.102 e. The third-order valence-electron chi connectivity index (χ3n) is 2.12. The van der Waals surface area contributed by atoms with Crippen LogP contribution in [0.25, 0.3) is 0 Å². The summed E-state index contributed by atoms with van der Waals surface area (Å²) >= 11 is 4.82. The van der Waals surface area contributed by atoms with Gasteiger partial charge in [-0.2, -0.15) is 5.26 Å². The molecule has 0 spiro atoms. The molecule has 1 aromatic carbocycles. The average molecular weight is 306 g/mol. The van der Waals surface area contributed by atoms with E-state index in [2.05, 4.69) is 27.0 Å². The molecular weight excluding hydrogens is 298 g/mol. The largest absolute Gasteiger partial charge is 0.397 e. The number of aromatic nitrogens is 1. The van der Waals surface area contributed by atoms with E-state index in [1.165, 1.54) is 11.8 Å². The first-order chi connectivity index (χ1) is 8.22. The summed E-state index contributed by atoms with van der Waals surface area (Å²) < 4.78 is 0.789. The van der Waals surface area contributed by atoms with Gasteiger partial charge in [0.1, 0.15) is 6.07 Å². The third-order valence-corrected chi connectivity index (χ3v) is 3.93. The Hall–Kier alpha value is -1.51. The van der Waals surface area contributed by atoms with Crippen LogP contribution in [0.4, 0.5) is 5.69 Å². The molecule has 0 saturated heterocycles. The number of anilines is 1. The van der Waals surface area contributed by atoms with E-state index < -0.39 is 0 Å². The first kappa shape index (κ1) is 12.0. The van der Waals surface area contributed by atoms with Gasteiger partial charge in [0.05, 0.1) is 17.4 Å². The minimum Gasteiger partial charge on any atom is -0.397 e. The first-order valence-corrected chi connectivity index (χ1v) is 6.39. The smallest absolute Gasteiger partial charge is 0.102 e. The Balaban J connectivity index is 2.41. The van der Waals surface area contributed by atoms with E-state index in [4.69, 9.17) is 11.0 Å². The van der Waals surface area contributed by atoms with E-state index in [1.807, 2.05) is 24.3 Å². The molecule has 0 aliphatic carbocycles. The van der Waals surface area contributed by atoms with Gasteiger partial charge < -0.3 is 5.73 Å². The SMILES string of the molecule is N#Cc1c(Br)cccc1Sc1ccncc1N. The summed E-state index contributed by atoms with van der Waals surface area (Å²) in [7, 11) is 0. The van der Waals surface area contributed by atoms with Crippen molar-refractivity contribution in [2.24, 2.45) is 0 Å². The Kier molecular flexibility index (Phi) is 3.67. The van der Waals surface area contributed by atoms with Crippen molar-refractivity contribution < 1.29 is 0 Å². The summed E-state index contributed by atoms with van der Waals surface area (Å²) in [6.07, 6.45) is 3.29. The van der Waals surface area contributed by atoms with Crippen LogP contribution in [0.2, 0.25) is 0 Å². The Morgan fingerprint density at radius 1 is 1.29 bits per heavy atom. The lowest BCUT2D eigenvalue weighted by Gasteiger charge is -2.06. The van der Waals surface area contributed by atoms with Gasteiger partial charge >= 0.3 is 0 Å². The average Bonchev–Trinajstić information content (AvgIpc) is 2.32. The quantitative estimate of drug-likeness (QED) is 0.923. The normalized spacial score (nSPS) is 9.88. The summed E-state index contributed by atoms with van der Waals surface area (Å²) in [6, 6.07) is 9.65. The van der Waals surface area contributed by atoms with Crippen LogP contribution < -0.4 is 5.73 Å². The fourth-order valence-corrected chi connectivity index (χ4v) is 2.83. The molecule has 0 aliphatic heterocycles. The van der Waals surface area contributed by atoms with Crippen molar-refractivity contribution in [3.8, 4) is 6.07 Å². The molecule has 0 amide bonds. The molecule has 0 bridgehead atoms. The van der Waals surface area contributed by atoms with Crippen molar-refractivity contribution in [2.45, 2.75) is 9.79 Å². The maximum absolute atomic E-state index is 9.11. The molecular formula is C12H8BrN3S. The molecule has 0 unspecified atom stereocenters. The monoisotopic (exact) mass is 305 g/mol. The summed E-state index contributed by atoms with van der Waals surface area (Å²) in [4.78, 5) is 5.71. The molecule has 5 heteroatoms. The Bertz CT molecular complexity index is 593. The second kappa shape index (κ2) is 5.21. The fraction of sp³-hybridized carbons (Fsp3) is 0. The van der Waals surface area contributed by atoms with E-state index in [1.54, 1.807) is 12.4 Å². The van der Waals surface area contributed by atoms with Crippen LogP contribution in [-0.2, 0) is 0 Å². The van der Waals surface area contributed by atoms with Crippen molar-refractivity contribution >= 4 is 33.4 Å². The summed E-state index contributed by atoms with van der Waals surface area (Å²) in [5.41, 5.74) is 7.05. The second-order valence-corrected chi connectivity index (χ2v) is 5.18. The van der Waals surface area contributed by atoms with Gasteiger partial charge in [0, 0.05) is 20.5 Å². The minimum absolute atomic E-state index is 0.612. The lowest BCUT2D eigenvalue weighted by molar-refractivity contribution is 1.26. The zero-order chi connectivity index (χ0) is 12.3. The molecule has 0 fully saturated rings. The van der Waals surface area contributed by atoms with Crippen molar-refractivity contribution in [3.05, 3.63) is 46.7 Å². The van der Waals surface area contributed by atoms with Crippen molar-refractivity contribution in [2.75, 3.05) is 5.73 Å². The highest BCUT2D eigenvalue weighted by atomic mass is 79.9. The van der Waals surface area contributed by atoms with Crippen molar-refractivity contribution in [1.29, 1.82) is 5.26 Å². The number of hydrogen-bond acceptors (Lipinski definition) is 4. The molecule has 3 nitrogen and oxygen atoms in total. The fourth-order valence-electron chi connectivity index (χ4n) is 1.30. The van der Waals surface area contributed by atoms with Gasteiger partial charge in [-0.05, 0) is 34.1 Å². The molecule has 0 aliphatic rings. The van der Waals surface area contributed by atoms with E-state index in [9.17, 15) is 0 Å². The van der Waals surface area contributed by atoms with Crippen LogP contribution >= 0.6 is 27.7 Å². The number of nitrogens with two attached hydrogens (primary N) is 1. The van der Waals surface area contributed by atoms with Gasteiger partial charge in [-0.15, -0.1) is 0 Å². The number of nitriles is 1. The molecule has 2 rings (SSSR count). The lowest BCUT2D eigenvalue weighted by atomic mass is 10.2. The van der Waals surface area contributed by atoms with Gasteiger partial charge in [0.15, 0.2) is 0 Å². The molecule has 1 heterocycles. The summed E-state index contributed by atoms with van der Waals surface area (Å²) in [5, 5.41) is 9.11. The van der Waals surface area contributed by atoms with Gasteiger partial charge in [0.2, 0.25) is 0 Å². The predicted molar refractivity (Wildman–Crippen MR) is 71.6 cm³/mol. The molecule has 84 valence electrons.